The summed E-state index contributed by atoms with van der Waals surface area (Å²) in [5.74, 6) is 1.71. The predicted octanol–water partition coefficient (Wildman–Crippen LogP) is 1.14. The van der Waals surface area contributed by atoms with E-state index in [1.54, 1.807) is 0 Å². The van der Waals surface area contributed by atoms with Crippen LogP contribution in [0.15, 0.2) is 0 Å². The van der Waals surface area contributed by atoms with Crippen molar-refractivity contribution in [3.8, 4) is 0 Å². The average molecular weight is 197 g/mol. The van der Waals surface area contributed by atoms with Gasteiger partial charge in [-0.25, -0.2) is 0 Å². The smallest absolute Gasteiger partial charge is 0.142 e. The van der Waals surface area contributed by atoms with Crippen LogP contribution in [0.4, 0.5) is 0 Å². The lowest BCUT2D eigenvalue weighted by atomic mass is 9.98. The highest BCUT2D eigenvalue weighted by atomic mass is 16.6. The van der Waals surface area contributed by atoms with Crippen LogP contribution in [-0.2, 0) is 9.47 Å². The first-order chi connectivity index (χ1) is 6.88. The Balaban J connectivity index is 1.57. The number of ether oxygens (including phenoxy) is 2. The molecule has 0 bridgehead atoms. The first-order valence-electron chi connectivity index (χ1n) is 5.85. The largest absolute Gasteiger partial charge is 0.377 e. The summed E-state index contributed by atoms with van der Waals surface area (Å²) < 4.78 is 11.5. The van der Waals surface area contributed by atoms with E-state index >= 15 is 0 Å². The van der Waals surface area contributed by atoms with E-state index < -0.39 is 0 Å². The zero-order chi connectivity index (χ0) is 9.43. The van der Waals surface area contributed by atoms with Crippen LogP contribution in [0.3, 0.4) is 0 Å². The Kier molecular flexibility index (Phi) is 2.26. The molecule has 1 N–H and O–H groups in total. The van der Waals surface area contributed by atoms with Crippen molar-refractivity contribution in [1.29, 1.82) is 0 Å². The van der Waals surface area contributed by atoms with Crippen LogP contribution in [0.25, 0.3) is 0 Å². The fourth-order valence-corrected chi connectivity index (χ4v) is 2.59. The van der Waals surface area contributed by atoms with Crippen LogP contribution in [0.1, 0.15) is 25.7 Å². The van der Waals surface area contributed by atoms with Crippen molar-refractivity contribution in [2.75, 3.05) is 26.4 Å². The molecule has 3 aliphatic rings. The fraction of sp³-hybridized carbons (Fsp3) is 1.00. The molecule has 80 valence electrons. The summed E-state index contributed by atoms with van der Waals surface area (Å²) in [5, 5.41) is 3.56. The molecule has 2 atom stereocenters. The van der Waals surface area contributed by atoms with Gasteiger partial charge in [0.2, 0.25) is 0 Å². The maximum absolute atomic E-state index is 5.98. The van der Waals surface area contributed by atoms with E-state index in [4.69, 9.17) is 9.47 Å². The molecular formula is C11H19NO2. The van der Waals surface area contributed by atoms with Crippen molar-refractivity contribution in [2.45, 2.75) is 31.4 Å². The van der Waals surface area contributed by atoms with Gasteiger partial charge in [0.1, 0.15) is 5.72 Å². The molecule has 14 heavy (non-hydrogen) atoms. The Morgan fingerprint density at radius 3 is 2.71 bits per heavy atom. The monoisotopic (exact) mass is 197 g/mol. The summed E-state index contributed by atoms with van der Waals surface area (Å²) in [7, 11) is 0. The topological polar surface area (TPSA) is 30.5 Å². The lowest BCUT2D eigenvalue weighted by molar-refractivity contribution is -0.178. The van der Waals surface area contributed by atoms with E-state index in [-0.39, 0.29) is 5.72 Å². The predicted molar refractivity (Wildman–Crippen MR) is 53.0 cm³/mol. The van der Waals surface area contributed by atoms with Crippen LogP contribution >= 0.6 is 0 Å². The minimum Gasteiger partial charge on any atom is -0.377 e. The highest BCUT2D eigenvalue weighted by Crippen LogP contribution is 2.39. The first kappa shape index (κ1) is 9.13. The standard InChI is InChI=1S/C11H19NO2/c1-4-11(8-13-5-1)12-6-10(7-14-11)9-2-3-9/h9-10,12H,1-8H2. The second-order valence-corrected chi connectivity index (χ2v) is 4.94. The number of nitrogens with one attached hydrogen (secondary N) is 1. The van der Waals surface area contributed by atoms with Crippen molar-refractivity contribution >= 4 is 0 Å². The molecule has 0 amide bonds. The van der Waals surface area contributed by atoms with Crippen molar-refractivity contribution < 1.29 is 9.47 Å². The van der Waals surface area contributed by atoms with Gasteiger partial charge in [-0.05, 0) is 37.5 Å². The molecule has 1 spiro atoms. The van der Waals surface area contributed by atoms with Crippen molar-refractivity contribution in [2.24, 2.45) is 11.8 Å². The quantitative estimate of drug-likeness (QED) is 0.683. The minimum absolute atomic E-state index is 0.121. The van der Waals surface area contributed by atoms with Crippen molar-refractivity contribution in [3.05, 3.63) is 0 Å². The van der Waals surface area contributed by atoms with Gasteiger partial charge >= 0.3 is 0 Å². The molecule has 3 fully saturated rings. The second-order valence-electron chi connectivity index (χ2n) is 4.94. The molecule has 2 aliphatic heterocycles. The van der Waals surface area contributed by atoms with Gasteiger partial charge in [-0.15, -0.1) is 0 Å². The van der Waals surface area contributed by atoms with Crippen LogP contribution in [-0.4, -0.2) is 32.1 Å². The van der Waals surface area contributed by atoms with E-state index in [0.29, 0.717) is 0 Å². The third kappa shape index (κ3) is 1.69. The molecule has 2 unspecified atom stereocenters. The SMILES string of the molecule is C1COCC2(C1)NCC(C1CC1)CO2. The summed E-state index contributed by atoms with van der Waals surface area (Å²) in [4.78, 5) is 0. The maximum Gasteiger partial charge on any atom is 0.142 e. The Bertz CT molecular complexity index is 199. The molecule has 0 aromatic rings. The number of hydrogen-bond acceptors (Lipinski definition) is 3. The van der Waals surface area contributed by atoms with Crippen LogP contribution < -0.4 is 5.32 Å². The molecule has 0 radical (unpaired) electrons. The molecule has 2 saturated heterocycles. The summed E-state index contributed by atoms with van der Waals surface area (Å²) >= 11 is 0. The molecule has 0 aromatic carbocycles. The third-order valence-corrected chi connectivity index (χ3v) is 3.75. The Labute approximate surface area is 85.1 Å². The van der Waals surface area contributed by atoms with E-state index in [2.05, 4.69) is 5.32 Å². The van der Waals surface area contributed by atoms with Crippen LogP contribution in [0, 0.1) is 11.8 Å². The van der Waals surface area contributed by atoms with Crippen molar-refractivity contribution in [1.82, 2.24) is 5.32 Å². The van der Waals surface area contributed by atoms with E-state index in [9.17, 15) is 0 Å². The third-order valence-electron chi connectivity index (χ3n) is 3.75. The van der Waals surface area contributed by atoms with Crippen molar-refractivity contribution in [3.63, 3.8) is 0 Å². The number of rotatable bonds is 1. The highest BCUT2D eigenvalue weighted by molar-refractivity contribution is 4.91. The highest BCUT2D eigenvalue weighted by Gasteiger charge is 2.41. The zero-order valence-electron chi connectivity index (χ0n) is 8.63. The van der Waals surface area contributed by atoms with Gasteiger partial charge in [0.25, 0.3) is 0 Å². The molecule has 1 aliphatic carbocycles. The summed E-state index contributed by atoms with van der Waals surface area (Å²) in [6, 6.07) is 0. The van der Waals surface area contributed by atoms with Gasteiger partial charge in [-0.3, -0.25) is 5.32 Å². The summed E-state index contributed by atoms with van der Waals surface area (Å²) in [5.41, 5.74) is -0.121. The maximum atomic E-state index is 5.98. The van der Waals surface area contributed by atoms with Gasteiger partial charge in [0.15, 0.2) is 0 Å². The normalized spacial score (nSPS) is 44.1. The van der Waals surface area contributed by atoms with Gasteiger partial charge < -0.3 is 9.47 Å². The average Bonchev–Trinajstić information content (AvgIpc) is 3.04. The molecule has 1 saturated carbocycles. The van der Waals surface area contributed by atoms with Gasteiger partial charge in [0.05, 0.1) is 13.2 Å². The Morgan fingerprint density at radius 2 is 2.14 bits per heavy atom. The molecule has 3 rings (SSSR count). The number of hydrogen-bond donors (Lipinski definition) is 1. The summed E-state index contributed by atoms with van der Waals surface area (Å²) in [6.45, 7) is 3.72. The fourth-order valence-electron chi connectivity index (χ4n) is 2.59. The van der Waals surface area contributed by atoms with Gasteiger partial charge in [0, 0.05) is 13.2 Å². The lowest BCUT2D eigenvalue weighted by Gasteiger charge is -2.43. The Hall–Kier alpha value is -0.120. The van der Waals surface area contributed by atoms with Crippen LogP contribution in [0.5, 0.6) is 0 Å². The van der Waals surface area contributed by atoms with E-state index in [1.165, 1.54) is 12.8 Å². The zero-order valence-corrected chi connectivity index (χ0v) is 8.63. The molecule has 2 heterocycles. The molecular weight excluding hydrogens is 178 g/mol. The Morgan fingerprint density at radius 1 is 1.21 bits per heavy atom. The molecule has 3 nitrogen and oxygen atoms in total. The van der Waals surface area contributed by atoms with Crippen LogP contribution in [0.2, 0.25) is 0 Å². The second kappa shape index (κ2) is 3.47. The molecule has 3 heteroatoms. The first-order valence-corrected chi connectivity index (χ1v) is 5.85. The van der Waals surface area contributed by atoms with Gasteiger partial charge in [-0.2, -0.15) is 0 Å². The van der Waals surface area contributed by atoms with Gasteiger partial charge in [-0.1, -0.05) is 0 Å². The van der Waals surface area contributed by atoms with E-state index in [0.717, 1.165) is 51.0 Å². The van der Waals surface area contributed by atoms with E-state index in [1.807, 2.05) is 0 Å². The summed E-state index contributed by atoms with van der Waals surface area (Å²) in [6.07, 6.45) is 5.07. The lowest BCUT2D eigenvalue weighted by Crippen LogP contribution is -2.59. The minimum atomic E-state index is -0.121. The molecule has 0 aromatic heterocycles.